The van der Waals surface area contributed by atoms with Gasteiger partial charge in [0.2, 0.25) is 0 Å². The lowest BCUT2D eigenvalue weighted by Crippen LogP contribution is -2.85. The van der Waals surface area contributed by atoms with E-state index in [0.717, 1.165) is 0 Å². The van der Waals surface area contributed by atoms with Crippen LogP contribution in [0, 0.1) is 0 Å². The van der Waals surface area contributed by atoms with E-state index in [4.69, 9.17) is 56.4 Å². The first-order valence-electron chi connectivity index (χ1n) is 6.97. The molecule has 16 N–H and O–H groups in total. The van der Waals surface area contributed by atoms with Gasteiger partial charge in [-0.2, -0.15) is 0 Å². The van der Waals surface area contributed by atoms with E-state index in [0.29, 0.717) is 6.42 Å². The van der Waals surface area contributed by atoms with Gasteiger partial charge in [-0.15, -0.1) is 46.7 Å². The molecule has 0 saturated carbocycles. The molecule has 0 radical (unpaired) electrons. The second-order valence-electron chi connectivity index (χ2n) is 5.67. The average molecular weight is 328 g/mol. The van der Waals surface area contributed by atoms with Crippen molar-refractivity contribution >= 4 is 0 Å². The highest BCUT2D eigenvalue weighted by atomic mass is 16.9. The molecule has 1 unspecified atom stereocenters. The molecule has 0 aliphatic carbocycles. The zero-order valence-electron chi connectivity index (χ0n) is 13.9. The van der Waals surface area contributed by atoms with Crippen LogP contribution in [0.4, 0.5) is 0 Å². The van der Waals surface area contributed by atoms with Crippen LogP contribution < -0.4 is 46.7 Å². The van der Waals surface area contributed by atoms with Crippen molar-refractivity contribution < 1.29 is 24.3 Å². The fraction of sp³-hybridized carbons (Fsp3) is 1.00. The van der Waals surface area contributed by atoms with Crippen molar-refractivity contribution in [3.05, 3.63) is 0 Å². The van der Waals surface area contributed by atoms with Gasteiger partial charge in [0.1, 0.15) is 0 Å². The van der Waals surface area contributed by atoms with Crippen LogP contribution in [0.15, 0.2) is 0 Å². The molecular weight excluding hydrogens is 294 g/mol. The molecule has 0 spiro atoms. The predicted molar refractivity (Wildman–Crippen MR) is 78.5 cm³/mol. The minimum atomic E-state index is -1.37. The predicted octanol–water partition coefficient (Wildman–Crippen LogP) is -3.07. The third-order valence-corrected chi connectivity index (χ3v) is 3.89. The largest absolute Gasteiger partial charge is 0.326 e. The second kappa shape index (κ2) is 6.54. The Labute approximate surface area is 130 Å². The van der Waals surface area contributed by atoms with Gasteiger partial charge in [-0.1, -0.05) is 35.3 Å². The van der Waals surface area contributed by atoms with Crippen LogP contribution >= 0.6 is 0 Å². The third-order valence-electron chi connectivity index (χ3n) is 3.89. The van der Waals surface area contributed by atoms with Crippen molar-refractivity contribution in [1.29, 1.82) is 0 Å². The maximum atomic E-state index is 6.10. The summed E-state index contributed by atoms with van der Waals surface area (Å²) in [5, 5.41) is 0. The summed E-state index contributed by atoms with van der Waals surface area (Å²) in [5.41, 5.74) is -2.69. The number of hydrogen-bond acceptors (Lipinski definition) is 10. The highest BCUT2D eigenvalue weighted by molar-refractivity contribution is 4.63. The maximum absolute atomic E-state index is 6.10. The van der Waals surface area contributed by atoms with Gasteiger partial charge in [-0.3, -0.25) is 0 Å². The lowest BCUT2D eigenvalue weighted by molar-refractivity contribution is -1.27. The van der Waals surface area contributed by atoms with Gasteiger partial charge in [0.25, 0.3) is 0 Å². The van der Waals surface area contributed by atoms with Gasteiger partial charge in [-0.05, 0) is 0 Å². The van der Waals surface area contributed by atoms with E-state index >= 15 is 0 Å². The minimum Gasteiger partial charge on any atom is -0.139 e. The zero-order valence-corrected chi connectivity index (χ0v) is 13.9. The van der Waals surface area contributed by atoms with E-state index < -0.39 is 26.1 Å². The summed E-state index contributed by atoms with van der Waals surface area (Å²) in [6, 6.07) is 0. The van der Waals surface area contributed by atoms with Crippen LogP contribution in [-0.2, 0) is 9.68 Å². The van der Waals surface area contributed by atoms with Gasteiger partial charge in [-0.25, -0.2) is 0 Å². The van der Waals surface area contributed by atoms with Crippen molar-refractivity contribution in [3.8, 4) is 0 Å². The Balaban J connectivity index is 5.73. The summed E-state index contributed by atoms with van der Waals surface area (Å²) in [7, 11) is 0. The van der Waals surface area contributed by atoms with Crippen molar-refractivity contribution in [2.75, 3.05) is 0 Å². The molecule has 13 heteroatoms. The molecule has 0 heterocycles. The molecule has 0 saturated heterocycles. The quantitative estimate of drug-likeness (QED) is 0.0921. The van der Waals surface area contributed by atoms with E-state index in [1.54, 1.807) is 27.7 Å². The van der Waals surface area contributed by atoms with E-state index in [2.05, 4.69) is 0 Å². The normalized spacial score (nSPS) is 17.5. The van der Waals surface area contributed by atoms with Crippen LogP contribution in [0.2, 0.25) is 0 Å². The summed E-state index contributed by atoms with van der Waals surface area (Å²) in [6.07, 6.45) is 0.867. The molecular formula is C9H34N11O2+3. The summed E-state index contributed by atoms with van der Waals surface area (Å²) in [5.74, 6) is 45.7. The molecule has 0 aliphatic heterocycles. The van der Waals surface area contributed by atoms with Crippen LogP contribution in [0.5, 0.6) is 0 Å². The number of hydroxylamine groups is 1. The fourth-order valence-electron chi connectivity index (χ4n) is 2.05. The number of quaternary nitrogens is 3. The molecule has 22 heavy (non-hydrogen) atoms. The lowest BCUT2D eigenvalue weighted by atomic mass is 10.1. The van der Waals surface area contributed by atoms with Crippen molar-refractivity contribution in [3.63, 3.8) is 0 Å². The van der Waals surface area contributed by atoms with Gasteiger partial charge in [0.15, 0.2) is 0 Å². The van der Waals surface area contributed by atoms with Crippen molar-refractivity contribution in [2.24, 2.45) is 46.7 Å². The van der Waals surface area contributed by atoms with Crippen LogP contribution in [0.25, 0.3) is 0 Å². The van der Waals surface area contributed by atoms with E-state index in [-0.39, 0.29) is 12.8 Å². The van der Waals surface area contributed by atoms with Gasteiger partial charge in [0.05, 0.1) is 0 Å². The number of rotatable bonds is 9. The van der Waals surface area contributed by atoms with E-state index in [9.17, 15) is 0 Å². The van der Waals surface area contributed by atoms with Gasteiger partial charge in [0, 0.05) is 36.0 Å². The molecule has 0 bridgehead atoms. The molecule has 0 aromatic heterocycles. The second-order valence-corrected chi connectivity index (χ2v) is 5.67. The van der Waals surface area contributed by atoms with Crippen LogP contribution in [0.1, 0.15) is 47.0 Å². The highest BCUT2D eigenvalue weighted by Gasteiger charge is 2.61. The number of nitrogens with zero attached hydrogens (tertiary/aromatic N) is 3. The fourth-order valence-corrected chi connectivity index (χ4v) is 2.05. The molecule has 13 nitrogen and oxygen atoms in total. The van der Waals surface area contributed by atoms with Crippen molar-refractivity contribution in [1.82, 2.24) is 0 Å². The smallest absolute Gasteiger partial charge is 0.139 e. The first-order chi connectivity index (χ1) is 9.60. The Morgan fingerprint density at radius 3 is 1.36 bits per heavy atom. The Hall–Kier alpha value is -0.520. The summed E-state index contributed by atoms with van der Waals surface area (Å²) in [4.78, 5) is 7.76. The molecule has 0 aliphatic rings. The number of nitrogens with two attached hydrogens (primary N) is 8. The SMILES string of the molecule is CCC(C)(O[N+](N)(N)C(CC)(CC)O[N+](N)(N)N)[N+](N)(N)N. The Morgan fingerprint density at radius 2 is 1.14 bits per heavy atom. The van der Waals surface area contributed by atoms with Gasteiger partial charge >= 0.3 is 11.4 Å². The summed E-state index contributed by atoms with van der Waals surface area (Å²) < 4.78 is 0. The summed E-state index contributed by atoms with van der Waals surface area (Å²) in [6.45, 7) is 6.84. The lowest BCUT2D eigenvalue weighted by Gasteiger charge is -2.45. The molecule has 0 fully saturated rings. The van der Waals surface area contributed by atoms with Crippen molar-refractivity contribution in [2.45, 2.75) is 58.4 Å². The molecule has 0 aromatic carbocycles. The standard InChI is InChI=1S/C9H34N11O2/c1-5-8(4,18(10,11)12)21-19(13,14)9(6-2,7-3)22-20(15,16)17/h5-7,10-17H2,1-4H3/q+3. The Bertz CT molecular complexity index is 360. The molecule has 134 valence electrons. The molecule has 0 rings (SSSR count). The maximum Gasteiger partial charge on any atom is 0.326 e. The third kappa shape index (κ3) is 4.49. The summed E-state index contributed by atoms with van der Waals surface area (Å²) >= 11 is 0. The molecule has 1 atom stereocenters. The topological polar surface area (TPSA) is 227 Å². The molecule has 0 aromatic rings. The van der Waals surface area contributed by atoms with E-state index in [1.165, 1.54) is 0 Å². The average Bonchev–Trinajstić information content (AvgIpc) is 2.32. The Morgan fingerprint density at radius 1 is 0.727 bits per heavy atom. The Kier molecular flexibility index (Phi) is 6.38. The highest BCUT2D eigenvalue weighted by Crippen LogP contribution is 2.32. The van der Waals surface area contributed by atoms with Crippen LogP contribution in [0.3, 0.4) is 0 Å². The van der Waals surface area contributed by atoms with E-state index in [1.807, 2.05) is 0 Å². The van der Waals surface area contributed by atoms with Gasteiger partial charge < -0.3 is 0 Å². The zero-order chi connectivity index (χ0) is 18.0. The monoisotopic (exact) mass is 328 g/mol. The van der Waals surface area contributed by atoms with Crippen LogP contribution in [-0.4, -0.2) is 26.1 Å². The number of hydrogen-bond donors (Lipinski definition) is 8. The minimum absolute atomic E-state index is 0.279. The first-order valence-corrected chi connectivity index (χ1v) is 6.97. The first kappa shape index (κ1) is 21.5. The molecule has 0 amide bonds.